The van der Waals surface area contributed by atoms with Crippen LogP contribution in [-0.2, 0) is 6.54 Å². The van der Waals surface area contributed by atoms with Gasteiger partial charge in [-0.3, -0.25) is 9.80 Å². The highest BCUT2D eigenvalue weighted by atomic mass is 35.5. The zero-order valence-corrected chi connectivity index (χ0v) is 14.6. The van der Waals surface area contributed by atoms with E-state index in [2.05, 4.69) is 39.1 Å². The predicted molar refractivity (Wildman–Crippen MR) is 91.4 cm³/mol. The average molecular weight is 337 g/mol. The second-order valence-electron chi connectivity index (χ2n) is 5.74. The molecule has 1 saturated heterocycles. The summed E-state index contributed by atoms with van der Waals surface area (Å²) in [7, 11) is 0. The molecule has 3 rings (SSSR count). The van der Waals surface area contributed by atoms with Gasteiger partial charge in [-0.1, -0.05) is 29.8 Å². The first kappa shape index (κ1) is 15.9. The fraction of sp³-hybridized carbons (Fsp3) is 0.500. The molecule has 0 spiro atoms. The van der Waals surface area contributed by atoms with E-state index >= 15 is 0 Å². The lowest BCUT2D eigenvalue weighted by Gasteiger charge is -2.37. The van der Waals surface area contributed by atoms with Gasteiger partial charge in [0.2, 0.25) is 0 Å². The van der Waals surface area contributed by atoms with Crippen molar-refractivity contribution in [1.82, 2.24) is 20.0 Å². The smallest absolute Gasteiger partial charge is 0.134 e. The van der Waals surface area contributed by atoms with Crippen molar-refractivity contribution in [2.75, 3.05) is 26.2 Å². The second-order valence-corrected chi connectivity index (χ2v) is 7.36. The molecule has 1 aromatic heterocycles. The molecular weight excluding hydrogens is 316 g/mol. The third-order valence-electron chi connectivity index (χ3n) is 4.21. The third kappa shape index (κ3) is 3.66. The Labute approximate surface area is 140 Å². The summed E-state index contributed by atoms with van der Waals surface area (Å²) in [6.07, 6.45) is 0. The number of aryl methyl sites for hydroxylation is 1. The zero-order valence-electron chi connectivity index (χ0n) is 13.0. The van der Waals surface area contributed by atoms with E-state index in [1.54, 1.807) is 11.3 Å². The van der Waals surface area contributed by atoms with Crippen LogP contribution in [0, 0.1) is 6.92 Å². The van der Waals surface area contributed by atoms with Gasteiger partial charge in [-0.05, 0) is 25.5 Å². The minimum Gasteiger partial charge on any atom is -0.296 e. The Balaban J connectivity index is 1.55. The van der Waals surface area contributed by atoms with Gasteiger partial charge in [-0.2, -0.15) is 0 Å². The van der Waals surface area contributed by atoms with Crippen LogP contribution in [0.1, 0.15) is 28.5 Å². The summed E-state index contributed by atoms with van der Waals surface area (Å²) in [5, 5.41) is 11.4. The molecule has 0 aliphatic carbocycles. The summed E-state index contributed by atoms with van der Waals surface area (Å²) < 4.78 is 0. The van der Waals surface area contributed by atoms with E-state index in [1.165, 1.54) is 5.56 Å². The van der Waals surface area contributed by atoms with Gasteiger partial charge in [0, 0.05) is 37.7 Å². The molecule has 0 unspecified atom stereocenters. The van der Waals surface area contributed by atoms with Crippen LogP contribution in [0.5, 0.6) is 0 Å². The van der Waals surface area contributed by atoms with Crippen LogP contribution in [0.25, 0.3) is 0 Å². The van der Waals surface area contributed by atoms with Crippen LogP contribution < -0.4 is 0 Å². The molecule has 0 radical (unpaired) electrons. The molecule has 118 valence electrons. The summed E-state index contributed by atoms with van der Waals surface area (Å²) in [6, 6.07) is 8.47. The monoisotopic (exact) mass is 336 g/mol. The Kier molecular flexibility index (Phi) is 5.08. The molecule has 6 heteroatoms. The molecule has 1 aliphatic heterocycles. The lowest BCUT2D eigenvalue weighted by Crippen LogP contribution is -2.46. The molecule has 1 fully saturated rings. The molecule has 0 bridgehead atoms. The SMILES string of the molecule is Cc1nnc([C@@H](C)N2CCN(Cc3ccccc3Cl)CC2)s1. The van der Waals surface area contributed by atoms with E-state index in [0.717, 1.165) is 47.8 Å². The number of benzene rings is 1. The predicted octanol–water partition coefficient (Wildman–Crippen LogP) is 3.38. The van der Waals surface area contributed by atoms with Gasteiger partial charge in [0.15, 0.2) is 0 Å². The molecule has 0 amide bonds. The summed E-state index contributed by atoms with van der Waals surface area (Å²) >= 11 is 7.95. The fourth-order valence-corrected chi connectivity index (χ4v) is 3.79. The minimum absolute atomic E-state index is 0.355. The molecule has 2 heterocycles. The van der Waals surface area contributed by atoms with Gasteiger partial charge in [0.25, 0.3) is 0 Å². The number of hydrogen-bond donors (Lipinski definition) is 0. The standard InChI is InChI=1S/C16H21ClN4S/c1-12(16-19-18-13(2)22-16)21-9-7-20(8-10-21)11-14-5-3-4-6-15(14)17/h3-6,12H,7-11H2,1-2H3/t12-/m1/s1. The number of rotatable bonds is 4. The van der Waals surface area contributed by atoms with Crippen molar-refractivity contribution in [2.24, 2.45) is 0 Å². The molecule has 1 aromatic carbocycles. The first-order chi connectivity index (χ1) is 10.6. The summed E-state index contributed by atoms with van der Waals surface area (Å²) in [4.78, 5) is 4.96. The number of piperazine rings is 1. The molecule has 0 saturated carbocycles. The molecule has 4 nitrogen and oxygen atoms in total. The zero-order chi connectivity index (χ0) is 15.5. The third-order valence-corrected chi connectivity index (χ3v) is 5.58. The maximum absolute atomic E-state index is 6.25. The van der Waals surface area contributed by atoms with Crippen LogP contribution in [0.2, 0.25) is 5.02 Å². The molecule has 2 aromatic rings. The van der Waals surface area contributed by atoms with E-state index in [0.29, 0.717) is 6.04 Å². The van der Waals surface area contributed by atoms with Crippen LogP contribution in [-0.4, -0.2) is 46.2 Å². The topological polar surface area (TPSA) is 32.3 Å². The molecule has 22 heavy (non-hydrogen) atoms. The lowest BCUT2D eigenvalue weighted by atomic mass is 10.2. The summed E-state index contributed by atoms with van der Waals surface area (Å²) in [6.45, 7) is 9.41. The Hall–Kier alpha value is -1.01. The summed E-state index contributed by atoms with van der Waals surface area (Å²) in [5.74, 6) is 0. The van der Waals surface area contributed by atoms with Crippen molar-refractivity contribution in [3.05, 3.63) is 44.9 Å². The van der Waals surface area contributed by atoms with E-state index in [-0.39, 0.29) is 0 Å². The molecular formula is C16H21ClN4S. The van der Waals surface area contributed by atoms with Crippen molar-refractivity contribution >= 4 is 22.9 Å². The van der Waals surface area contributed by atoms with Gasteiger partial charge in [-0.25, -0.2) is 0 Å². The van der Waals surface area contributed by atoms with Gasteiger partial charge in [0.05, 0.1) is 6.04 Å². The van der Waals surface area contributed by atoms with Crippen LogP contribution in [0.15, 0.2) is 24.3 Å². The van der Waals surface area contributed by atoms with Crippen molar-refractivity contribution in [2.45, 2.75) is 26.4 Å². The highest BCUT2D eigenvalue weighted by molar-refractivity contribution is 7.11. The summed E-state index contributed by atoms with van der Waals surface area (Å²) in [5.41, 5.74) is 1.21. The first-order valence-electron chi connectivity index (χ1n) is 7.63. The van der Waals surface area contributed by atoms with Crippen molar-refractivity contribution in [3.8, 4) is 0 Å². The van der Waals surface area contributed by atoms with Crippen LogP contribution in [0.3, 0.4) is 0 Å². The Morgan fingerprint density at radius 3 is 2.55 bits per heavy atom. The van der Waals surface area contributed by atoms with Gasteiger partial charge < -0.3 is 0 Å². The maximum Gasteiger partial charge on any atom is 0.134 e. The largest absolute Gasteiger partial charge is 0.296 e. The Morgan fingerprint density at radius 2 is 1.91 bits per heavy atom. The highest BCUT2D eigenvalue weighted by Crippen LogP contribution is 2.25. The maximum atomic E-state index is 6.25. The Morgan fingerprint density at radius 1 is 1.18 bits per heavy atom. The quantitative estimate of drug-likeness (QED) is 0.856. The van der Waals surface area contributed by atoms with E-state index < -0.39 is 0 Å². The van der Waals surface area contributed by atoms with Crippen molar-refractivity contribution < 1.29 is 0 Å². The lowest BCUT2D eigenvalue weighted by molar-refractivity contribution is 0.0975. The van der Waals surface area contributed by atoms with Gasteiger partial charge in [0.1, 0.15) is 10.0 Å². The van der Waals surface area contributed by atoms with Crippen LogP contribution >= 0.6 is 22.9 Å². The minimum atomic E-state index is 0.355. The normalized spacial score (nSPS) is 18.5. The van der Waals surface area contributed by atoms with Gasteiger partial charge in [-0.15, -0.1) is 21.5 Å². The first-order valence-corrected chi connectivity index (χ1v) is 8.83. The molecule has 1 aliphatic rings. The average Bonchev–Trinajstić information content (AvgIpc) is 2.96. The Bertz CT molecular complexity index is 622. The van der Waals surface area contributed by atoms with Gasteiger partial charge >= 0.3 is 0 Å². The van der Waals surface area contributed by atoms with E-state index in [4.69, 9.17) is 11.6 Å². The fourth-order valence-electron chi connectivity index (χ4n) is 2.81. The number of hydrogen-bond acceptors (Lipinski definition) is 5. The van der Waals surface area contributed by atoms with E-state index in [9.17, 15) is 0 Å². The molecule has 1 atom stereocenters. The number of halogens is 1. The van der Waals surface area contributed by atoms with Crippen molar-refractivity contribution in [1.29, 1.82) is 0 Å². The van der Waals surface area contributed by atoms with Crippen molar-refractivity contribution in [3.63, 3.8) is 0 Å². The van der Waals surface area contributed by atoms with Crippen LogP contribution in [0.4, 0.5) is 0 Å². The number of nitrogens with zero attached hydrogens (tertiary/aromatic N) is 4. The number of aromatic nitrogens is 2. The second kappa shape index (κ2) is 7.04. The molecule has 0 N–H and O–H groups in total. The highest BCUT2D eigenvalue weighted by Gasteiger charge is 2.24. The van der Waals surface area contributed by atoms with E-state index in [1.807, 2.05) is 19.1 Å².